The molecule has 0 saturated carbocycles. The van der Waals surface area contributed by atoms with Crippen LogP contribution in [0.15, 0.2) is 18.2 Å². The largest absolute Gasteiger partial charge is 0.469 e. The van der Waals surface area contributed by atoms with Crippen molar-refractivity contribution in [3.8, 4) is 0 Å². The standard InChI is InChI=1S/C29H38O11/c1-8-29(5,27(35)37-7)15-18(22(30)36-6)14-17(12-13-28(2,3)4)23(31)38-16-39-24(32)19-10-9-11-20-21(19)26(34)40-25(20)33/h9-11,17-18H,8,12-16H2,1-7H3. The fourth-order valence-corrected chi connectivity index (χ4v) is 4.51. The molecule has 1 aromatic rings. The van der Waals surface area contributed by atoms with Crippen LogP contribution in [0.2, 0.25) is 0 Å². The smallest absolute Gasteiger partial charge is 0.347 e. The maximum atomic E-state index is 13.2. The highest BCUT2D eigenvalue weighted by molar-refractivity contribution is 6.18. The molecule has 0 saturated heterocycles. The SMILES string of the molecule is CCC(C)(CC(CC(CCC(C)(C)C)C(=O)OCOC(=O)c1cccc2c1C(=O)OC2=O)C(=O)OC)C(=O)OC. The molecule has 0 aromatic heterocycles. The number of rotatable bonds is 13. The molecular formula is C29H38O11. The molecule has 0 aliphatic carbocycles. The van der Waals surface area contributed by atoms with Gasteiger partial charge in [-0.1, -0.05) is 33.8 Å². The molecule has 3 unspecified atom stereocenters. The van der Waals surface area contributed by atoms with Crippen LogP contribution in [0, 0.1) is 22.7 Å². The Balaban J connectivity index is 2.17. The van der Waals surface area contributed by atoms with Crippen molar-refractivity contribution < 1.29 is 52.5 Å². The van der Waals surface area contributed by atoms with E-state index in [0.717, 1.165) is 0 Å². The van der Waals surface area contributed by atoms with Crippen LogP contribution in [-0.2, 0) is 38.1 Å². The summed E-state index contributed by atoms with van der Waals surface area (Å²) in [6, 6.07) is 4.04. The third-order valence-corrected chi connectivity index (χ3v) is 7.12. The second-order valence-corrected chi connectivity index (χ2v) is 11.3. The van der Waals surface area contributed by atoms with E-state index >= 15 is 0 Å². The first-order chi connectivity index (χ1) is 18.7. The first kappa shape index (κ1) is 32.5. The van der Waals surface area contributed by atoms with E-state index < -0.39 is 59.9 Å². The molecule has 2 rings (SSSR count). The summed E-state index contributed by atoms with van der Waals surface area (Å²) in [4.78, 5) is 74.7. The highest BCUT2D eigenvalue weighted by atomic mass is 16.7. The van der Waals surface area contributed by atoms with Gasteiger partial charge in [0.05, 0.1) is 48.2 Å². The van der Waals surface area contributed by atoms with E-state index in [1.165, 1.54) is 32.4 Å². The highest BCUT2D eigenvalue weighted by Gasteiger charge is 2.40. The number of esters is 6. The van der Waals surface area contributed by atoms with Gasteiger partial charge in [-0.05, 0) is 56.6 Å². The van der Waals surface area contributed by atoms with Crippen LogP contribution in [-0.4, -0.2) is 56.8 Å². The van der Waals surface area contributed by atoms with Crippen LogP contribution >= 0.6 is 0 Å². The van der Waals surface area contributed by atoms with Gasteiger partial charge in [-0.3, -0.25) is 14.4 Å². The minimum Gasteiger partial charge on any atom is -0.469 e. The fraction of sp³-hybridized carbons (Fsp3) is 0.586. The molecule has 0 radical (unpaired) electrons. The van der Waals surface area contributed by atoms with Crippen molar-refractivity contribution in [3.63, 3.8) is 0 Å². The molecule has 0 amide bonds. The van der Waals surface area contributed by atoms with Crippen molar-refractivity contribution in [2.75, 3.05) is 21.0 Å². The van der Waals surface area contributed by atoms with Gasteiger partial charge >= 0.3 is 35.8 Å². The Morgan fingerprint density at radius 3 is 2.15 bits per heavy atom. The Hall–Kier alpha value is -3.76. The molecule has 3 atom stereocenters. The molecule has 0 N–H and O–H groups in total. The predicted octanol–water partition coefficient (Wildman–Crippen LogP) is 4.26. The van der Waals surface area contributed by atoms with Gasteiger partial charge in [0, 0.05) is 0 Å². The minimum absolute atomic E-state index is 0.0439. The van der Waals surface area contributed by atoms with Gasteiger partial charge in [0.1, 0.15) is 0 Å². The quantitative estimate of drug-likeness (QED) is 0.147. The van der Waals surface area contributed by atoms with Crippen LogP contribution in [0.1, 0.15) is 97.8 Å². The summed E-state index contributed by atoms with van der Waals surface area (Å²) in [5, 5.41) is 0. The van der Waals surface area contributed by atoms with Gasteiger partial charge in [-0.2, -0.15) is 0 Å². The first-order valence-electron chi connectivity index (χ1n) is 13.1. The lowest BCUT2D eigenvalue weighted by Crippen LogP contribution is -2.35. The number of methoxy groups -OCH3 is 2. The van der Waals surface area contributed by atoms with E-state index in [4.69, 9.17) is 18.9 Å². The highest BCUT2D eigenvalue weighted by Crippen LogP contribution is 2.36. The molecule has 40 heavy (non-hydrogen) atoms. The maximum absolute atomic E-state index is 13.2. The maximum Gasteiger partial charge on any atom is 0.347 e. The second kappa shape index (κ2) is 13.5. The molecule has 1 aliphatic heterocycles. The van der Waals surface area contributed by atoms with Crippen molar-refractivity contribution in [2.24, 2.45) is 22.7 Å². The first-order valence-corrected chi connectivity index (χ1v) is 13.1. The summed E-state index contributed by atoms with van der Waals surface area (Å²) in [5.41, 5.74) is -1.56. The van der Waals surface area contributed by atoms with Crippen molar-refractivity contribution in [1.29, 1.82) is 0 Å². The number of benzene rings is 1. The van der Waals surface area contributed by atoms with Crippen LogP contribution in [0.4, 0.5) is 0 Å². The van der Waals surface area contributed by atoms with Crippen molar-refractivity contribution in [1.82, 2.24) is 0 Å². The van der Waals surface area contributed by atoms with Gasteiger partial charge in [-0.25, -0.2) is 14.4 Å². The summed E-state index contributed by atoms with van der Waals surface area (Å²) < 4.78 is 24.8. The number of ether oxygens (including phenoxy) is 5. The lowest BCUT2D eigenvalue weighted by atomic mass is 9.75. The average Bonchev–Trinajstić information content (AvgIpc) is 3.21. The molecule has 0 bridgehead atoms. The number of carbonyl (C=O) groups is 6. The third-order valence-electron chi connectivity index (χ3n) is 7.12. The van der Waals surface area contributed by atoms with Gasteiger partial charge in [0.25, 0.3) is 0 Å². The Morgan fingerprint density at radius 1 is 0.900 bits per heavy atom. The monoisotopic (exact) mass is 562 g/mol. The zero-order valence-corrected chi connectivity index (χ0v) is 24.1. The number of cyclic esters (lactones) is 2. The number of carbonyl (C=O) groups excluding carboxylic acids is 6. The van der Waals surface area contributed by atoms with Gasteiger partial charge < -0.3 is 23.7 Å². The fourth-order valence-electron chi connectivity index (χ4n) is 4.51. The van der Waals surface area contributed by atoms with E-state index in [0.29, 0.717) is 19.3 Å². The van der Waals surface area contributed by atoms with E-state index in [2.05, 4.69) is 4.74 Å². The molecule has 0 spiro atoms. The topological polar surface area (TPSA) is 149 Å². The van der Waals surface area contributed by atoms with Gasteiger partial charge in [0.15, 0.2) is 0 Å². The molecule has 1 aliphatic rings. The summed E-state index contributed by atoms with van der Waals surface area (Å²) in [5.74, 6) is -6.12. The molecule has 0 fully saturated rings. The zero-order chi connectivity index (χ0) is 30.3. The second-order valence-electron chi connectivity index (χ2n) is 11.3. The van der Waals surface area contributed by atoms with Crippen molar-refractivity contribution >= 4 is 35.8 Å². The molecule has 220 valence electrons. The lowest BCUT2D eigenvalue weighted by Gasteiger charge is -2.30. The van der Waals surface area contributed by atoms with E-state index in [1.807, 2.05) is 27.7 Å². The van der Waals surface area contributed by atoms with E-state index in [-0.39, 0.29) is 34.9 Å². The summed E-state index contributed by atoms with van der Waals surface area (Å²) in [6.07, 6.45) is 1.54. The molecule has 1 aromatic carbocycles. The molecule has 11 nitrogen and oxygen atoms in total. The molecular weight excluding hydrogens is 524 g/mol. The average molecular weight is 563 g/mol. The Labute approximate surface area is 233 Å². The van der Waals surface area contributed by atoms with Gasteiger partial charge in [-0.15, -0.1) is 0 Å². The summed E-state index contributed by atoms with van der Waals surface area (Å²) in [7, 11) is 2.51. The Kier molecular flexibility index (Phi) is 11.0. The Morgan fingerprint density at radius 2 is 1.57 bits per heavy atom. The minimum atomic E-state index is -0.980. The van der Waals surface area contributed by atoms with Crippen LogP contribution < -0.4 is 0 Å². The summed E-state index contributed by atoms with van der Waals surface area (Å²) >= 11 is 0. The zero-order valence-electron chi connectivity index (χ0n) is 24.1. The van der Waals surface area contributed by atoms with Crippen LogP contribution in [0.5, 0.6) is 0 Å². The van der Waals surface area contributed by atoms with Crippen LogP contribution in [0.25, 0.3) is 0 Å². The van der Waals surface area contributed by atoms with E-state index in [9.17, 15) is 28.8 Å². The lowest BCUT2D eigenvalue weighted by molar-refractivity contribution is -0.160. The number of hydrogen-bond acceptors (Lipinski definition) is 11. The van der Waals surface area contributed by atoms with E-state index in [1.54, 1.807) is 6.92 Å². The molecule has 1 heterocycles. The number of hydrogen-bond donors (Lipinski definition) is 0. The molecule has 11 heteroatoms. The number of fused-ring (bicyclic) bond motifs is 1. The van der Waals surface area contributed by atoms with Gasteiger partial charge in [0.2, 0.25) is 6.79 Å². The normalized spacial score (nSPS) is 15.7. The van der Waals surface area contributed by atoms with Crippen LogP contribution in [0.3, 0.4) is 0 Å². The van der Waals surface area contributed by atoms with Crippen molar-refractivity contribution in [3.05, 3.63) is 34.9 Å². The third kappa shape index (κ3) is 8.12. The Bertz CT molecular complexity index is 1150. The van der Waals surface area contributed by atoms with Crippen molar-refractivity contribution in [2.45, 2.75) is 66.7 Å². The predicted molar refractivity (Wildman–Crippen MR) is 140 cm³/mol. The summed E-state index contributed by atoms with van der Waals surface area (Å²) in [6.45, 7) is 8.77.